The maximum atomic E-state index is 12.7. The number of methoxy groups -OCH3 is 1. The number of imidazole rings is 1. The minimum absolute atomic E-state index is 0.162. The van der Waals surface area contributed by atoms with Crippen molar-refractivity contribution in [1.29, 1.82) is 0 Å². The molecular formula is C27H28N4O2. The van der Waals surface area contributed by atoms with Crippen LogP contribution in [0.1, 0.15) is 42.5 Å². The van der Waals surface area contributed by atoms with Crippen molar-refractivity contribution in [2.45, 2.75) is 38.1 Å². The Morgan fingerprint density at radius 2 is 1.82 bits per heavy atom. The van der Waals surface area contributed by atoms with Gasteiger partial charge in [-0.25, -0.2) is 4.98 Å². The number of ether oxygens (including phenoxy) is 1. The third-order valence-corrected chi connectivity index (χ3v) is 6.22. The number of fused-ring (bicyclic) bond motifs is 1. The molecule has 0 spiro atoms. The van der Waals surface area contributed by atoms with Crippen LogP contribution in [-0.2, 0) is 0 Å². The summed E-state index contributed by atoms with van der Waals surface area (Å²) < 4.78 is 7.29. The van der Waals surface area contributed by atoms with Crippen LogP contribution >= 0.6 is 0 Å². The van der Waals surface area contributed by atoms with Crippen LogP contribution in [0.2, 0.25) is 0 Å². The summed E-state index contributed by atoms with van der Waals surface area (Å²) in [5.74, 6) is 1.57. The molecule has 0 aliphatic heterocycles. The molecule has 168 valence electrons. The van der Waals surface area contributed by atoms with Gasteiger partial charge in [0.15, 0.2) is 0 Å². The highest BCUT2D eigenvalue weighted by Gasteiger charge is 2.20. The van der Waals surface area contributed by atoms with Gasteiger partial charge < -0.3 is 15.4 Å². The molecule has 1 amide bonds. The smallest absolute Gasteiger partial charge is 0.255 e. The highest BCUT2D eigenvalue weighted by atomic mass is 16.5. The third kappa shape index (κ3) is 4.55. The molecule has 0 saturated heterocycles. The van der Waals surface area contributed by atoms with Gasteiger partial charge in [0.25, 0.3) is 5.91 Å². The molecule has 4 aromatic rings. The minimum Gasteiger partial charge on any atom is -0.497 e. The molecule has 2 aromatic carbocycles. The molecule has 2 N–H and O–H groups in total. The average molecular weight is 441 g/mol. The standard InChI is InChI=1S/C27H28N4O2/c1-33-23-15-13-19(14-16-23)27(32)29-22-11-7-8-20(18-22)25-26(28-21-9-3-2-4-10-21)31-17-6-5-12-24(31)30-25/h5-8,11-18,21,28H,2-4,9-10H2,1H3,(H,29,32). The van der Waals surface area contributed by atoms with Crippen molar-refractivity contribution >= 4 is 23.1 Å². The molecule has 33 heavy (non-hydrogen) atoms. The van der Waals surface area contributed by atoms with Crippen LogP contribution in [0.4, 0.5) is 11.5 Å². The van der Waals surface area contributed by atoms with E-state index in [-0.39, 0.29) is 5.91 Å². The molecule has 1 fully saturated rings. The Bertz CT molecular complexity index is 1260. The SMILES string of the molecule is COc1ccc(C(=O)Nc2cccc(-c3nc4ccccn4c3NC3CCCCC3)c2)cc1. The number of nitrogens with zero attached hydrogens (tertiary/aromatic N) is 2. The quantitative estimate of drug-likeness (QED) is 0.385. The zero-order valence-corrected chi connectivity index (χ0v) is 18.8. The van der Waals surface area contributed by atoms with Gasteiger partial charge in [0.1, 0.15) is 22.9 Å². The van der Waals surface area contributed by atoms with E-state index in [9.17, 15) is 4.79 Å². The molecule has 0 bridgehead atoms. The Morgan fingerprint density at radius 1 is 1.00 bits per heavy atom. The Balaban J connectivity index is 1.44. The topological polar surface area (TPSA) is 67.7 Å². The first-order valence-electron chi connectivity index (χ1n) is 11.5. The molecule has 1 aliphatic carbocycles. The molecule has 6 heteroatoms. The van der Waals surface area contributed by atoms with E-state index >= 15 is 0 Å². The highest BCUT2D eigenvalue weighted by Crippen LogP contribution is 2.32. The first-order valence-corrected chi connectivity index (χ1v) is 11.5. The molecule has 2 aromatic heterocycles. The summed E-state index contributed by atoms with van der Waals surface area (Å²) in [5.41, 5.74) is 4.07. The average Bonchev–Trinajstić information content (AvgIpc) is 3.23. The molecular weight excluding hydrogens is 412 g/mol. The van der Waals surface area contributed by atoms with Gasteiger partial charge in [-0.15, -0.1) is 0 Å². The Morgan fingerprint density at radius 3 is 2.61 bits per heavy atom. The van der Waals surface area contributed by atoms with Gasteiger partial charge in [-0.05, 0) is 61.4 Å². The van der Waals surface area contributed by atoms with Crippen molar-refractivity contribution in [1.82, 2.24) is 9.38 Å². The Hall–Kier alpha value is -3.80. The fourth-order valence-corrected chi connectivity index (χ4v) is 4.47. The van der Waals surface area contributed by atoms with Crippen LogP contribution in [0.25, 0.3) is 16.9 Å². The molecule has 1 aliphatic rings. The lowest BCUT2D eigenvalue weighted by molar-refractivity contribution is 0.102. The van der Waals surface area contributed by atoms with Crippen molar-refractivity contribution in [2.24, 2.45) is 0 Å². The minimum atomic E-state index is -0.162. The van der Waals surface area contributed by atoms with Crippen LogP contribution in [0.5, 0.6) is 5.75 Å². The number of amides is 1. The second-order valence-corrected chi connectivity index (χ2v) is 8.48. The normalized spacial score (nSPS) is 14.2. The zero-order valence-electron chi connectivity index (χ0n) is 18.8. The summed E-state index contributed by atoms with van der Waals surface area (Å²) in [4.78, 5) is 17.7. The van der Waals surface area contributed by atoms with Crippen molar-refractivity contribution in [3.63, 3.8) is 0 Å². The fraction of sp³-hybridized carbons (Fsp3) is 0.259. The molecule has 0 radical (unpaired) electrons. The van der Waals surface area contributed by atoms with E-state index in [1.165, 1.54) is 32.1 Å². The van der Waals surface area contributed by atoms with E-state index in [1.807, 2.05) is 48.7 Å². The molecule has 0 unspecified atom stereocenters. The molecule has 1 saturated carbocycles. The van der Waals surface area contributed by atoms with Gasteiger partial charge in [-0.2, -0.15) is 0 Å². The number of pyridine rings is 1. The number of rotatable bonds is 6. The maximum absolute atomic E-state index is 12.7. The summed E-state index contributed by atoms with van der Waals surface area (Å²) in [5, 5.41) is 6.77. The monoisotopic (exact) mass is 440 g/mol. The summed E-state index contributed by atoms with van der Waals surface area (Å²) in [6.45, 7) is 0. The van der Waals surface area contributed by atoms with Crippen molar-refractivity contribution in [3.8, 4) is 17.0 Å². The van der Waals surface area contributed by atoms with Gasteiger partial charge in [0, 0.05) is 29.1 Å². The summed E-state index contributed by atoms with van der Waals surface area (Å²) >= 11 is 0. The number of benzene rings is 2. The van der Waals surface area contributed by atoms with E-state index < -0.39 is 0 Å². The van der Waals surface area contributed by atoms with Crippen molar-refractivity contribution in [2.75, 3.05) is 17.7 Å². The third-order valence-electron chi connectivity index (χ3n) is 6.22. The number of nitrogens with one attached hydrogen (secondary N) is 2. The summed E-state index contributed by atoms with van der Waals surface area (Å²) in [7, 11) is 1.61. The maximum Gasteiger partial charge on any atom is 0.255 e. The predicted molar refractivity (Wildman–Crippen MR) is 132 cm³/mol. The van der Waals surface area contributed by atoms with E-state index in [0.29, 0.717) is 11.6 Å². The summed E-state index contributed by atoms with van der Waals surface area (Å²) in [6.07, 6.45) is 8.24. The van der Waals surface area contributed by atoms with Gasteiger partial charge in [0.05, 0.1) is 7.11 Å². The van der Waals surface area contributed by atoms with Gasteiger partial charge in [-0.1, -0.05) is 37.5 Å². The van der Waals surface area contributed by atoms with Crippen LogP contribution in [0, 0.1) is 0 Å². The lowest BCUT2D eigenvalue weighted by Crippen LogP contribution is -2.23. The lowest BCUT2D eigenvalue weighted by Gasteiger charge is -2.24. The van der Waals surface area contributed by atoms with Crippen molar-refractivity contribution in [3.05, 3.63) is 78.5 Å². The second-order valence-electron chi connectivity index (χ2n) is 8.48. The van der Waals surface area contributed by atoms with E-state index in [0.717, 1.165) is 34.2 Å². The zero-order chi connectivity index (χ0) is 22.6. The fourth-order valence-electron chi connectivity index (χ4n) is 4.47. The Labute approximate surface area is 193 Å². The van der Waals surface area contributed by atoms with Gasteiger partial charge in [0.2, 0.25) is 0 Å². The second kappa shape index (κ2) is 9.36. The van der Waals surface area contributed by atoms with Crippen LogP contribution in [-0.4, -0.2) is 28.4 Å². The molecule has 5 rings (SSSR count). The van der Waals surface area contributed by atoms with E-state index in [1.54, 1.807) is 31.4 Å². The molecule has 0 atom stereocenters. The number of hydrogen-bond donors (Lipinski definition) is 2. The van der Waals surface area contributed by atoms with Gasteiger partial charge >= 0.3 is 0 Å². The number of aromatic nitrogens is 2. The number of anilines is 2. The predicted octanol–water partition coefficient (Wildman–Crippen LogP) is 6.01. The van der Waals surface area contributed by atoms with E-state index in [4.69, 9.17) is 9.72 Å². The van der Waals surface area contributed by atoms with E-state index in [2.05, 4.69) is 15.0 Å². The first-order chi connectivity index (χ1) is 16.2. The first kappa shape index (κ1) is 21.1. The van der Waals surface area contributed by atoms with Crippen LogP contribution in [0.15, 0.2) is 72.9 Å². The number of carbonyl (C=O) groups excluding carboxylic acids is 1. The van der Waals surface area contributed by atoms with Crippen LogP contribution in [0.3, 0.4) is 0 Å². The van der Waals surface area contributed by atoms with Gasteiger partial charge in [-0.3, -0.25) is 9.20 Å². The van der Waals surface area contributed by atoms with Crippen molar-refractivity contribution < 1.29 is 9.53 Å². The highest BCUT2D eigenvalue weighted by molar-refractivity contribution is 6.04. The Kier molecular flexibility index (Phi) is 5.98. The van der Waals surface area contributed by atoms with Crippen LogP contribution < -0.4 is 15.4 Å². The molecule has 6 nitrogen and oxygen atoms in total. The number of hydrogen-bond acceptors (Lipinski definition) is 4. The largest absolute Gasteiger partial charge is 0.497 e. The number of carbonyl (C=O) groups is 1. The lowest BCUT2D eigenvalue weighted by atomic mass is 9.95. The molecule has 2 heterocycles. The summed E-state index contributed by atoms with van der Waals surface area (Å²) in [6, 6.07) is 21.4.